The summed E-state index contributed by atoms with van der Waals surface area (Å²) < 4.78 is 32.5. The molecule has 0 bridgehead atoms. The third-order valence-corrected chi connectivity index (χ3v) is 5.20. The molecule has 8 nitrogen and oxygen atoms in total. The zero-order chi connectivity index (χ0) is 23.5. The van der Waals surface area contributed by atoms with Crippen molar-refractivity contribution in [3.05, 3.63) is 64.0 Å². The van der Waals surface area contributed by atoms with Crippen molar-refractivity contribution in [2.24, 2.45) is 0 Å². The van der Waals surface area contributed by atoms with Crippen LogP contribution in [0.5, 0.6) is 28.7 Å². The van der Waals surface area contributed by atoms with E-state index in [0.29, 0.717) is 38.8 Å². The molecule has 0 amide bonds. The summed E-state index contributed by atoms with van der Waals surface area (Å²) in [6.45, 7) is -0.353. The van der Waals surface area contributed by atoms with Crippen molar-refractivity contribution in [2.45, 2.75) is 0 Å². The van der Waals surface area contributed by atoms with Gasteiger partial charge in [-0.15, -0.1) is 0 Å². The molecule has 0 fully saturated rings. The number of hydrogen-bond acceptors (Lipinski definition) is 8. The van der Waals surface area contributed by atoms with Crippen molar-refractivity contribution in [3.8, 4) is 28.7 Å². The molecular weight excluding hydrogens is 452 g/mol. The number of fused-ring (bicyclic) bond motifs is 3. The normalized spacial score (nSPS) is 10.8. The first-order valence-corrected chi connectivity index (χ1v) is 10.1. The zero-order valence-electron chi connectivity index (χ0n) is 18.0. The van der Waals surface area contributed by atoms with Gasteiger partial charge < -0.3 is 28.1 Å². The number of benzene rings is 3. The number of esters is 1. The molecule has 0 radical (unpaired) electrons. The number of rotatable bonds is 7. The highest BCUT2D eigenvalue weighted by Gasteiger charge is 2.21. The highest BCUT2D eigenvalue weighted by Crippen LogP contribution is 2.45. The maximum Gasteiger partial charge on any atom is 0.349 e. The number of halogens is 1. The van der Waals surface area contributed by atoms with Crippen molar-refractivity contribution in [2.75, 3.05) is 27.9 Å². The van der Waals surface area contributed by atoms with Crippen LogP contribution in [0.25, 0.3) is 21.7 Å². The fraction of sp³-hybridized carbons (Fsp3) is 0.167. The van der Waals surface area contributed by atoms with E-state index in [9.17, 15) is 9.59 Å². The average molecular weight is 471 g/mol. The van der Waals surface area contributed by atoms with Crippen LogP contribution < -0.4 is 29.3 Å². The van der Waals surface area contributed by atoms with E-state index in [0.717, 1.165) is 0 Å². The van der Waals surface area contributed by atoms with Gasteiger partial charge in [0.25, 0.3) is 0 Å². The summed E-state index contributed by atoms with van der Waals surface area (Å²) >= 11 is 6.01. The number of carbonyl (C=O) groups excluding carboxylic acids is 1. The lowest BCUT2D eigenvalue weighted by atomic mass is 10.0. The standard InChI is InChI=1S/C24H19ClO8/c1-28-19-11-15-21(23(30-3)22(19)29-2)14-9-8-13(10-18(14)33-24(15)27)32-20(26)12-31-17-7-5-4-6-16(17)25/h4-11H,12H2,1-3H3. The Morgan fingerprint density at radius 2 is 1.67 bits per heavy atom. The van der Waals surface area contributed by atoms with E-state index in [1.54, 1.807) is 36.4 Å². The summed E-state index contributed by atoms with van der Waals surface area (Å²) in [7, 11) is 4.40. The van der Waals surface area contributed by atoms with Gasteiger partial charge in [0, 0.05) is 16.8 Å². The lowest BCUT2D eigenvalue weighted by molar-refractivity contribution is -0.136. The summed E-state index contributed by atoms with van der Waals surface area (Å²) in [6, 6.07) is 13.0. The van der Waals surface area contributed by atoms with E-state index in [1.165, 1.54) is 33.5 Å². The first-order chi connectivity index (χ1) is 16.0. The van der Waals surface area contributed by atoms with Gasteiger partial charge in [-0.1, -0.05) is 23.7 Å². The second-order valence-electron chi connectivity index (χ2n) is 6.81. The van der Waals surface area contributed by atoms with Crippen LogP contribution in [0.15, 0.2) is 57.7 Å². The average Bonchev–Trinajstić information content (AvgIpc) is 2.82. The molecule has 0 N–H and O–H groups in total. The fourth-order valence-electron chi connectivity index (χ4n) is 3.46. The third kappa shape index (κ3) is 4.25. The molecule has 0 saturated heterocycles. The molecule has 170 valence electrons. The van der Waals surface area contributed by atoms with Crippen LogP contribution in [-0.4, -0.2) is 33.9 Å². The molecule has 0 spiro atoms. The van der Waals surface area contributed by atoms with Crippen LogP contribution in [0.4, 0.5) is 0 Å². The minimum absolute atomic E-state index is 0.178. The fourth-order valence-corrected chi connectivity index (χ4v) is 3.65. The number of carbonyl (C=O) groups is 1. The lowest BCUT2D eigenvalue weighted by Gasteiger charge is -2.15. The Labute approximate surface area is 193 Å². The summed E-state index contributed by atoms with van der Waals surface area (Å²) in [5, 5.41) is 1.69. The number of para-hydroxylation sites is 1. The van der Waals surface area contributed by atoms with Gasteiger partial charge in [0.2, 0.25) is 5.75 Å². The Bertz CT molecular complexity index is 1410. The van der Waals surface area contributed by atoms with Crippen LogP contribution in [0.1, 0.15) is 0 Å². The highest BCUT2D eigenvalue weighted by atomic mass is 35.5. The molecule has 9 heteroatoms. The maximum atomic E-state index is 12.7. The minimum Gasteiger partial charge on any atom is -0.493 e. The van der Waals surface area contributed by atoms with Crippen molar-refractivity contribution in [3.63, 3.8) is 0 Å². The van der Waals surface area contributed by atoms with Gasteiger partial charge >= 0.3 is 11.6 Å². The summed E-state index contributed by atoms with van der Waals surface area (Å²) in [4.78, 5) is 24.9. The molecule has 0 atom stereocenters. The van der Waals surface area contributed by atoms with Gasteiger partial charge in [-0.2, -0.15) is 0 Å². The van der Waals surface area contributed by atoms with Crippen LogP contribution in [0, 0.1) is 0 Å². The quantitative estimate of drug-likeness (QED) is 0.167. The molecule has 4 aromatic rings. The smallest absolute Gasteiger partial charge is 0.349 e. The highest BCUT2D eigenvalue weighted by molar-refractivity contribution is 6.32. The molecule has 1 heterocycles. The van der Waals surface area contributed by atoms with Crippen LogP contribution >= 0.6 is 11.6 Å². The van der Waals surface area contributed by atoms with Gasteiger partial charge in [0.05, 0.1) is 31.7 Å². The zero-order valence-corrected chi connectivity index (χ0v) is 18.7. The minimum atomic E-state index is -0.651. The Kier molecular flexibility index (Phi) is 6.28. The van der Waals surface area contributed by atoms with Crippen LogP contribution in [-0.2, 0) is 4.79 Å². The molecule has 0 aliphatic heterocycles. The van der Waals surface area contributed by atoms with Crippen LogP contribution in [0.3, 0.4) is 0 Å². The molecule has 3 aromatic carbocycles. The topological polar surface area (TPSA) is 93.4 Å². The molecule has 33 heavy (non-hydrogen) atoms. The van der Waals surface area contributed by atoms with E-state index >= 15 is 0 Å². The largest absolute Gasteiger partial charge is 0.493 e. The van der Waals surface area contributed by atoms with E-state index in [1.807, 2.05) is 0 Å². The third-order valence-electron chi connectivity index (χ3n) is 4.89. The molecule has 0 saturated carbocycles. The van der Waals surface area contributed by atoms with Crippen molar-refractivity contribution >= 4 is 39.3 Å². The van der Waals surface area contributed by atoms with Gasteiger partial charge in [0.1, 0.15) is 17.1 Å². The first-order valence-electron chi connectivity index (χ1n) is 9.74. The Morgan fingerprint density at radius 1 is 0.909 bits per heavy atom. The number of hydrogen-bond donors (Lipinski definition) is 0. The van der Waals surface area contributed by atoms with Gasteiger partial charge in [-0.05, 0) is 30.3 Å². The summed E-state index contributed by atoms with van der Waals surface area (Å²) in [6.07, 6.45) is 0. The molecule has 0 unspecified atom stereocenters. The maximum absolute atomic E-state index is 12.7. The van der Waals surface area contributed by atoms with E-state index < -0.39 is 11.6 Å². The van der Waals surface area contributed by atoms with Gasteiger partial charge in [-0.25, -0.2) is 9.59 Å². The monoisotopic (exact) mass is 470 g/mol. The van der Waals surface area contributed by atoms with Crippen molar-refractivity contribution in [1.82, 2.24) is 0 Å². The number of ether oxygens (including phenoxy) is 5. The summed E-state index contributed by atoms with van der Waals surface area (Å²) in [5.74, 6) is 0.883. The predicted octanol–water partition coefficient (Wildman–Crippen LogP) is 4.61. The number of methoxy groups -OCH3 is 3. The molecule has 4 rings (SSSR count). The molecule has 0 aliphatic rings. The Balaban J connectivity index is 1.69. The van der Waals surface area contributed by atoms with Crippen molar-refractivity contribution < 1.29 is 32.9 Å². The van der Waals surface area contributed by atoms with Gasteiger partial charge in [-0.3, -0.25) is 0 Å². The predicted molar refractivity (Wildman–Crippen MR) is 122 cm³/mol. The van der Waals surface area contributed by atoms with Crippen LogP contribution in [0.2, 0.25) is 5.02 Å². The van der Waals surface area contributed by atoms with E-state index in [4.69, 9.17) is 39.7 Å². The lowest BCUT2D eigenvalue weighted by Crippen LogP contribution is -2.17. The Morgan fingerprint density at radius 3 is 2.36 bits per heavy atom. The summed E-state index contributed by atoms with van der Waals surface area (Å²) in [5.41, 5.74) is -0.405. The van der Waals surface area contributed by atoms with E-state index in [-0.39, 0.29) is 23.3 Å². The van der Waals surface area contributed by atoms with Gasteiger partial charge in [0.15, 0.2) is 18.1 Å². The SMILES string of the molecule is COc1cc2c(=O)oc3cc(OC(=O)COc4ccccc4Cl)ccc3c2c(OC)c1OC. The molecular formula is C24H19ClO8. The molecule has 0 aliphatic carbocycles. The second kappa shape index (κ2) is 9.30. The first kappa shape index (κ1) is 22.3. The second-order valence-corrected chi connectivity index (χ2v) is 7.22. The molecule has 1 aromatic heterocycles. The Hall–Kier alpha value is -3.91. The van der Waals surface area contributed by atoms with E-state index in [2.05, 4.69) is 0 Å². The van der Waals surface area contributed by atoms with Crippen molar-refractivity contribution in [1.29, 1.82) is 0 Å².